The van der Waals surface area contributed by atoms with Crippen LogP contribution in [-0.2, 0) is 6.54 Å². The molecule has 0 aliphatic heterocycles. The lowest BCUT2D eigenvalue weighted by atomic mass is 10.2. The predicted molar refractivity (Wildman–Crippen MR) is 123 cm³/mol. The highest BCUT2D eigenvalue weighted by atomic mass is 35.5. The molecular weight excluding hydrogens is 434 g/mol. The number of nitrogens with one attached hydrogen (secondary N) is 1. The van der Waals surface area contributed by atoms with Gasteiger partial charge in [-0.2, -0.15) is 0 Å². The van der Waals surface area contributed by atoms with Crippen LogP contribution in [0.1, 0.15) is 32.9 Å². The second-order valence-electron chi connectivity index (χ2n) is 6.20. The summed E-state index contributed by atoms with van der Waals surface area (Å²) in [5.41, 5.74) is 1.78. The fourth-order valence-corrected chi connectivity index (χ4v) is 3.54. The Morgan fingerprint density at radius 3 is 2.68 bits per heavy atom. The zero-order chi connectivity index (χ0) is 22.1. The van der Waals surface area contributed by atoms with E-state index in [0.29, 0.717) is 34.7 Å². The number of hydrogen-bond acceptors (Lipinski definition) is 6. The molecule has 0 fully saturated rings. The second-order valence-corrected chi connectivity index (χ2v) is 7.59. The summed E-state index contributed by atoms with van der Waals surface area (Å²) in [6.07, 6.45) is 6.97. The number of benzene rings is 2. The molecule has 0 spiro atoms. The van der Waals surface area contributed by atoms with E-state index in [2.05, 4.69) is 21.4 Å². The van der Waals surface area contributed by atoms with E-state index in [0.717, 1.165) is 22.5 Å². The number of nitrogens with zero attached hydrogens (tertiary/aromatic N) is 2. The zero-order valence-corrected chi connectivity index (χ0v) is 18.4. The maximum Gasteiger partial charge on any atom is 0.282 e. The molecule has 1 aromatic heterocycles. The second kappa shape index (κ2) is 11.2. The summed E-state index contributed by atoms with van der Waals surface area (Å²) in [5.74, 6) is 3.25. The quantitative estimate of drug-likeness (QED) is 0.479. The van der Waals surface area contributed by atoms with Gasteiger partial charge in [0, 0.05) is 6.54 Å². The monoisotopic (exact) mass is 453 g/mol. The van der Waals surface area contributed by atoms with Crippen LogP contribution < -0.4 is 14.8 Å². The van der Waals surface area contributed by atoms with Crippen molar-refractivity contribution in [2.45, 2.75) is 13.5 Å². The number of terminal acetylenes is 1. The van der Waals surface area contributed by atoms with Crippen molar-refractivity contribution in [2.75, 3.05) is 13.2 Å². The average Bonchev–Trinajstić information content (AvgIpc) is 3.28. The number of halogens is 1. The molecule has 0 bridgehead atoms. The summed E-state index contributed by atoms with van der Waals surface area (Å²) in [6, 6.07) is 15.0. The Labute approximate surface area is 189 Å². The summed E-state index contributed by atoms with van der Waals surface area (Å²) in [4.78, 5) is 12.3. The van der Waals surface area contributed by atoms with Gasteiger partial charge in [-0.3, -0.25) is 4.79 Å². The smallest absolute Gasteiger partial charge is 0.282 e. The highest BCUT2D eigenvalue weighted by Gasteiger charge is 2.15. The molecule has 31 heavy (non-hydrogen) atoms. The molecule has 0 atom stereocenters. The van der Waals surface area contributed by atoms with Gasteiger partial charge in [-0.25, -0.2) is 0 Å². The molecule has 0 radical (unpaired) electrons. The van der Waals surface area contributed by atoms with Crippen molar-refractivity contribution in [3.63, 3.8) is 0 Å². The van der Waals surface area contributed by atoms with E-state index < -0.39 is 0 Å². The van der Waals surface area contributed by atoms with Crippen LogP contribution in [0.15, 0.2) is 48.5 Å². The molecule has 158 valence electrons. The summed E-state index contributed by atoms with van der Waals surface area (Å²) in [6.45, 7) is 2.92. The molecule has 3 aromatic rings. The predicted octanol–water partition coefficient (Wildman–Crippen LogP) is 4.62. The third kappa shape index (κ3) is 6.32. The van der Waals surface area contributed by atoms with Crippen LogP contribution in [-0.4, -0.2) is 29.3 Å². The largest absolute Gasteiger partial charge is 0.490 e. The third-order valence-corrected chi connectivity index (χ3v) is 5.35. The molecule has 0 unspecified atom stereocenters. The van der Waals surface area contributed by atoms with Crippen LogP contribution >= 0.6 is 22.9 Å². The fraction of sp³-hybridized carbons (Fsp3) is 0.174. The lowest BCUT2D eigenvalue weighted by molar-refractivity contribution is 0.0950. The average molecular weight is 454 g/mol. The number of carbonyl (C=O) groups excluding carboxylic acids is 1. The van der Waals surface area contributed by atoms with Crippen LogP contribution in [0, 0.1) is 12.3 Å². The van der Waals surface area contributed by atoms with E-state index in [4.69, 9.17) is 27.5 Å². The SMILES string of the molecule is C#CCOc1ccc(/C=C(/Cl)c2nnc(C(=O)NCc3ccccc3)s2)cc1OCC. The summed E-state index contributed by atoms with van der Waals surface area (Å²) in [7, 11) is 0. The van der Waals surface area contributed by atoms with Gasteiger partial charge < -0.3 is 14.8 Å². The molecule has 3 rings (SSSR count). The molecule has 1 heterocycles. The Kier molecular flexibility index (Phi) is 8.05. The molecule has 0 saturated heterocycles. The normalized spacial score (nSPS) is 10.9. The standard InChI is InChI=1S/C23H20ClN3O3S/c1-3-12-30-19-11-10-17(14-20(19)29-4-2)13-18(24)22-26-27-23(31-22)21(28)25-15-16-8-6-5-7-9-16/h1,5-11,13-14H,4,12,15H2,2H3,(H,25,28)/b18-13+. The van der Waals surface area contributed by atoms with Crippen LogP contribution in [0.5, 0.6) is 11.5 Å². The van der Waals surface area contributed by atoms with E-state index in [9.17, 15) is 4.79 Å². The Balaban J connectivity index is 1.70. The van der Waals surface area contributed by atoms with Gasteiger partial charge in [0.25, 0.3) is 5.91 Å². The van der Waals surface area contributed by atoms with Crippen molar-refractivity contribution >= 4 is 40.0 Å². The van der Waals surface area contributed by atoms with Crippen LogP contribution in [0.4, 0.5) is 0 Å². The molecule has 0 saturated carbocycles. The fourth-order valence-electron chi connectivity index (χ4n) is 2.59. The maximum atomic E-state index is 12.3. The van der Waals surface area contributed by atoms with Crippen molar-refractivity contribution in [1.82, 2.24) is 15.5 Å². The van der Waals surface area contributed by atoms with Crippen LogP contribution in [0.25, 0.3) is 11.1 Å². The van der Waals surface area contributed by atoms with Crippen molar-refractivity contribution in [1.29, 1.82) is 0 Å². The number of hydrogen-bond donors (Lipinski definition) is 1. The van der Waals surface area contributed by atoms with Gasteiger partial charge in [0.1, 0.15) is 6.61 Å². The Hall–Kier alpha value is -3.34. The summed E-state index contributed by atoms with van der Waals surface area (Å²) < 4.78 is 11.1. The molecular formula is C23H20ClN3O3S. The molecule has 0 aliphatic rings. The van der Waals surface area contributed by atoms with Gasteiger partial charge >= 0.3 is 0 Å². The lowest BCUT2D eigenvalue weighted by Gasteiger charge is -2.11. The van der Waals surface area contributed by atoms with E-state index in [1.165, 1.54) is 0 Å². The Morgan fingerprint density at radius 2 is 1.94 bits per heavy atom. The Bertz CT molecular complexity index is 1110. The summed E-state index contributed by atoms with van der Waals surface area (Å²) >= 11 is 7.54. The Morgan fingerprint density at radius 1 is 1.16 bits per heavy atom. The molecule has 8 heteroatoms. The molecule has 0 aliphatic carbocycles. The number of ether oxygens (including phenoxy) is 2. The van der Waals surface area contributed by atoms with E-state index in [1.807, 2.05) is 43.3 Å². The minimum atomic E-state index is -0.300. The van der Waals surface area contributed by atoms with Gasteiger partial charge in [-0.1, -0.05) is 65.3 Å². The van der Waals surface area contributed by atoms with E-state index in [1.54, 1.807) is 18.2 Å². The minimum absolute atomic E-state index is 0.149. The van der Waals surface area contributed by atoms with Gasteiger partial charge in [0.2, 0.25) is 5.01 Å². The van der Waals surface area contributed by atoms with Crippen molar-refractivity contribution < 1.29 is 14.3 Å². The molecule has 2 aromatic carbocycles. The van der Waals surface area contributed by atoms with Crippen molar-refractivity contribution in [3.8, 4) is 23.8 Å². The van der Waals surface area contributed by atoms with Gasteiger partial charge in [-0.15, -0.1) is 16.6 Å². The number of rotatable bonds is 9. The molecule has 6 nitrogen and oxygen atoms in total. The molecule has 1 N–H and O–H groups in total. The van der Waals surface area contributed by atoms with Crippen LogP contribution in [0.3, 0.4) is 0 Å². The summed E-state index contributed by atoms with van der Waals surface area (Å²) in [5, 5.41) is 11.9. The lowest BCUT2D eigenvalue weighted by Crippen LogP contribution is -2.22. The topological polar surface area (TPSA) is 73.3 Å². The van der Waals surface area contributed by atoms with Gasteiger partial charge in [-0.05, 0) is 36.3 Å². The first-order valence-electron chi connectivity index (χ1n) is 9.47. The van der Waals surface area contributed by atoms with Crippen LogP contribution in [0.2, 0.25) is 0 Å². The highest BCUT2D eigenvalue weighted by molar-refractivity contribution is 7.15. The first-order chi connectivity index (χ1) is 15.1. The first-order valence-corrected chi connectivity index (χ1v) is 10.7. The first kappa shape index (κ1) is 22.3. The molecule has 1 amide bonds. The van der Waals surface area contributed by atoms with Crippen molar-refractivity contribution in [2.24, 2.45) is 0 Å². The highest BCUT2D eigenvalue weighted by Crippen LogP contribution is 2.31. The minimum Gasteiger partial charge on any atom is -0.490 e. The van der Waals surface area contributed by atoms with Crippen molar-refractivity contribution in [3.05, 3.63) is 69.7 Å². The number of aromatic nitrogens is 2. The van der Waals surface area contributed by atoms with Gasteiger partial charge in [0.05, 0.1) is 11.6 Å². The number of carbonyl (C=O) groups is 1. The van der Waals surface area contributed by atoms with Gasteiger partial charge in [0.15, 0.2) is 16.5 Å². The van der Waals surface area contributed by atoms with E-state index in [-0.39, 0.29) is 17.5 Å². The zero-order valence-electron chi connectivity index (χ0n) is 16.8. The van der Waals surface area contributed by atoms with E-state index >= 15 is 0 Å². The maximum absolute atomic E-state index is 12.3. The third-order valence-electron chi connectivity index (χ3n) is 3.99. The number of amides is 1.